The molecule has 3 atom stereocenters. The van der Waals surface area contributed by atoms with E-state index in [1.165, 1.54) is 0 Å². The van der Waals surface area contributed by atoms with Crippen LogP contribution in [0.3, 0.4) is 0 Å². The molecule has 2 aromatic heterocycles. The number of fused-ring (bicyclic) bond motifs is 1. The van der Waals surface area contributed by atoms with Gasteiger partial charge in [-0.25, -0.2) is 4.98 Å². The van der Waals surface area contributed by atoms with Crippen LogP contribution in [0.4, 0.5) is 0 Å². The average molecular weight is 500 g/mol. The van der Waals surface area contributed by atoms with E-state index >= 15 is 0 Å². The van der Waals surface area contributed by atoms with Crippen LogP contribution in [0.5, 0.6) is 5.88 Å². The van der Waals surface area contributed by atoms with E-state index < -0.39 is 12.1 Å². The Morgan fingerprint density at radius 1 is 1.24 bits per heavy atom. The zero-order valence-electron chi connectivity index (χ0n) is 21.0. The molecule has 1 aliphatic rings. The molecule has 0 aliphatic carbocycles. The first-order chi connectivity index (χ1) is 17.8. The number of aromatic nitrogens is 2. The SMILES string of the molecule is C[C@H](CO)N1C[C@H](C)[C@@H](CN(C)C(=O)c2ccccn2)Oc2ncc(-c3cccc(C#N)c3)cc2C1=O. The highest BCUT2D eigenvalue weighted by molar-refractivity contribution is 5.98. The molecule has 9 heteroatoms. The van der Waals surface area contributed by atoms with Crippen LogP contribution >= 0.6 is 0 Å². The normalized spacial score (nSPS) is 18.0. The average Bonchev–Trinajstić information content (AvgIpc) is 2.94. The van der Waals surface area contributed by atoms with Gasteiger partial charge in [0.2, 0.25) is 5.88 Å². The number of amides is 2. The van der Waals surface area contributed by atoms with Crippen LogP contribution in [0.1, 0.15) is 40.3 Å². The molecule has 0 radical (unpaired) electrons. The van der Waals surface area contributed by atoms with Crippen molar-refractivity contribution in [1.29, 1.82) is 5.26 Å². The van der Waals surface area contributed by atoms with Crippen LogP contribution in [0.15, 0.2) is 60.9 Å². The van der Waals surface area contributed by atoms with Crippen molar-refractivity contribution in [3.63, 3.8) is 0 Å². The molecule has 1 N–H and O–H groups in total. The first-order valence-corrected chi connectivity index (χ1v) is 12.1. The molecule has 2 amide bonds. The fourth-order valence-electron chi connectivity index (χ4n) is 4.28. The summed E-state index contributed by atoms with van der Waals surface area (Å²) in [6.45, 7) is 4.10. The minimum Gasteiger partial charge on any atom is -0.472 e. The maximum atomic E-state index is 13.6. The summed E-state index contributed by atoms with van der Waals surface area (Å²) in [7, 11) is 1.69. The van der Waals surface area contributed by atoms with Gasteiger partial charge in [-0.3, -0.25) is 14.6 Å². The maximum Gasteiger partial charge on any atom is 0.272 e. The summed E-state index contributed by atoms with van der Waals surface area (Å²) in [6.07, 6.45) is 2.70. The molecule has 4 rings (SSSR count). The third-order valence-corrected chi connectivity index (χ3v) is 6.53. The summed E-state index contributed by atoms with van der Waals surface area (Å²) in [5, 5.41) is 19.1. The van der Waals surface area contributed by atoms with Gasteiger partial charge in [-0.2, -0.15) is 5.26 Å². The molecule has 1 aromatic carbocycles. The number of carbonyl (C=O) groups excluding carboxylic acids is 2. The standard InChI is InChI=1S/C28H29N5O4/c1-18-15-33(19(2)17-34)27(35)23-12-22(21-8-6-7-20(11-21)13-29)14-31-26(23)37-25(18)16-32(3)28(36)24-9-4-5-10-30-24/h4-12,14,18-19,25,34H,15-17H2,1-3H3/t18-,19+,25+/m0/s1. The minimum atomic E-state index is -0.474. The molecule has 0 fully saturated rings. The van der Waals surface area contributed by atoms with E-state index in [1.807, 2.05) is 13.0 Å². The summed E-state index contributed by atoms with van der Waals surface area (Å²) < 4.78 is 6.29. The van der Waals surface area contributed by atoms with Crippen molar-refractivity contribution in [3.8, 4) is 23.1 Å². The Balaban J connectivity index is 1.70. The fourth-order valence-corrected chi connectivity index (χ4v) is 4.28. The molecule has 1 aliphatic heterocycles. The summed E-state index contributed by atoms with van der Waals surface area (Å²) in [5.74, 6) is -0.545. The molecule has 3 heterocycles. The Kier molecular flexibility index (Phi) is 7.80. The number of ether oxygens (including phenoxy) is 1. The molecule has 3 aromatic rings. The lowest BCUT2D eigenvalue weighted by atomic mass is 9.98. The zero-order valence-corrected chi connectivity index (χ0v) is 21.0. The molecule has 9 nitrogen and oxygen atoms in total. The largest absolute Gasteiger partial charge is 0.472 e. The molecule has 0 spiro atoms. The first-order valence-electron chi connectivity index (χ1n) is 12.1. The van der Waals surface area contributed by atoms with Gasteiger partial charge in [0, 0.05) is 37.5 Å². The lowest BCUT2D eigenvalue weighted by molar-refractivity contribution is 0.0312. The number of aliphatic hydroxyl groups excluding tert-OH is 1. The molecule has 0 saturated carbocycles. The van der Waals surface area contributed by atoms with Gasteiger partial charge in [-0.05, 0) is 42.8 Å². The Hall–Kier alpha value is -4.29. The number of nitrogens with zero attached hydrogens (tertiary/aromatic N) is 5. The summed E-state index contributed by atoms with van der Waals surface area (Å²) in [6, 6.07) is 15.6. The van der Waals surface area contributed by atoms with Crippen molar-refractivity contribution >= 4 is 11.8 Å². The number of hydrogen-bond acceptors (Lipinski definition) is 7. The molecule has 190 valence electrons. The number of hydrogen-bond donors (Lipinski definition) is 1. The molecule has 0 unspecified atom stereocenters. The topological polar surface area (TPSA) is 120 Å². The Labute approximate surface area is 216 Å². The number of likely N-dealkylation sites (N-methyl/N-ethyl adjacent to an activating group) is 1. The second-order valence-electron chi connectivity index (χ2n) is 9.29. The van der Waals surface area contributed by atoms with Gasteiger partial charge in [0.15, 0.2) is 0 Å². The number of aliphatic hydroxyl groups is 1. The number of carbonyl (C=O) groups is 2. The van der Waals surface area contributed by atoms with Gasteiger partial charge in [-0.1, -0.05) is 25.1 Å². The van der Waals surface area contributed by atoms with Crippen LogP contribution in [0, 0.1) is 17.2 Å². The highest BCUT2D eigenvalue weighted by atomic mass is 16.5. The Morgan fingerprint density at radius 3 is 2.76 bits per heavy atom. The van der Waals surface area contributed by atoms with Crippen LogP contribution in [0.25, 0.3) is 11.1 Å². The minimum absolute atomic E-state index is 0.163. The van der Waals surface area contributed by atoms with Gasteiger partial charge < -0.3 is 19.6 Å². The van der Waals surface area contributed by atoms with Gasteiger partial charge in [0.25, 0.3) is 11.8 Å². The van der Waals surface area contributed by atoms with Crippen molar-refractivity contribution in [2.24, 2.45) is 5.92 Å². The van der Waals surface area contributed by atoms with E-state index in [2.05, 4.69) is 16.0 Å². The number of benzene rings is 1. The third kappa shape index (κ3) is 5.60. The van der Waals surface area contributed by atoms with Crippen LogP contribution in [0.2, 0.25) is 0 Å². The number of pyridine rings is 2. The highest BCUT2D eigenvalue weighted by Crippen LogP contribution is 2.30. The third-order valence-electron chi connectivity index (χ3n) is 6.53. The number of nitriles is 1. The van der Waals surface area contributed by atoms with Crippen molar-refractivity contribution in [2.45, 2.75) is 26.0 Å². The highest BCUT2D eigenvalue weighted by Gasteiger charge is 2.35. The van der Waals surface area contributed by atoms with Crippen LogP contribution in [-0.2, 0) is 0 Å². The Bertz CT molecular complexity index is 1320. The van der Waals surface area contributed by atoms with E-state index in [4.69, 9.17) is 4.74 Å². The lowest BCUT2D eigenvalue weighted by Crippen LogP contribution is -2.50. The fraction of sp³-hybridized carbons (Fsp3) is 0.321. The summed E-state index contributed by atoms with van der Waals surface area (Å²) in [4.78, 5) is 38.4. The molecular weight excluding hydrogens is 470 g/mol. The summed E-state index contributed by atoms with van der Waals surface area (Å²) >= 11 is 0. The van der Waals surface area contributed by atoms with Gasteiger partial charge in [-0.15, -0.1) is 0 Å². The van der Waals surface area contributed by atoms with Crippen molar-refractivity contribution < 1.29 is 19.4 Å². The van der Waals surface area contributed by atoms with Crippen molar-refractivity contribution in [2.75, 3.05) is 26.7 Å². The van der Waals surface area contributed by atoms with E-state index in [1.54, 1.807) is 78.6 Å². The van der Waals surface area contributed by atoms with E-state index in [0.29, 0.717) is 23.4 Å². The van der Waals surface area contributed by atoms with Crippen molar-refractivity contribution in [1.82, 2.24) is 19.8 Å². The number of rotatable bonds is 6. The van der Waals surface area contributed by atoms with Gasteiger partial charge in [0.1, 0.15) is 17.4 Å². The Morgan fingerprint density at radius 2 is 2.05 bits per heavy atom. The molecule has 0 bridgehead atoms. The predicted octanol–water partition coefficient (Wildman–Crippen LogP) is 3.01. The van der Waals surface area contributed by atoms with Crippen LogP contribution < -0.4 is 4.74 Å². The maximum absolute atomic E-state index is 13.6. The van der Waals surface area contributed by atoms with E-state index in [9.17, 15) is 20.0 Å². The predicted molar refractivity (Wildman–Crippen MR) is 137 cm³/mol. The quantitative estimate of drug-likeness (QED) is 0.554. The summed E-state index contributed by atoms with van der Waals surface area (Å²) in [5.41, 5.74) is 2.50. The molecule has 37 heavy (non-hydrogen) atoms. The molecule has 0 saturated heterocycles. The monoisotopic (exact) mass is 499 g/mol. The zero-order chi connectivity index (χ0) is 26.5. The first kappa shape index (κ1) is 25.8. The van der Waals surface area contributed by atoms with E-state index in [-0.39, 0.29) is 42.3 Å². The van der Waals surface area contributed by atoms with Gasteiger partial charge >= 0.3 is 0 Å². The van der Waals surface area contributed by atoms with Gasteiger partial charge in [0.05, 0.1) is 30.8 Å². The van der Waals surface area contributed by atoms with E-state index in [0.717, 1.165) is 5.56 Å². The second kappa shape index (κ2) is 11.2. The van der Waals surface area contributed by atoms with Crippen molar-refractivity contribution in [3.05, 3.63) is 77.7 Å². The second-order valence-corrected chi connectivity index (χ2v) is 9.29. The lowest BCUT2D eigenvalue weighted by Gasteiger charge is -2.37. The molecular formula is C28H29N5O4. The smallest absolute Gasteiger partial charge is 0.272 e. The van der Waals surface area contributed by atoms with Crippen LogP contribution in [-0.4, -0.2) is 75.6 Å².